The van der Waals surface area contributed by atoms with Crippen LogP contribution < -0.4 is 11.1 Å². The fraction of sp³-hybridized carbons (Fsp3) is 0.538. The van der Waals surface area contributed by atoms with Crippen molar-refractivity contribution in [2.24, 2.45) is 5.73 Å². The number of sulfonamides is 1. The number of benzene rings is 1. The van der Waals surface area contributed by atoms with E-state index in [-0.39, 0.29) is 5.54 Å². The SMILES string of the molecule is CN(C)S(=O)(=O)c1ccc(NCC2(N)CCC2)cc1. The standard InChI is InChI=1S/C13H21N3O2S/c1-16(2)19(17,18)12-6-4-11(5-7-12)15-10-13(14)8-3-9-13/h4-7,15H,3,8-10,14H2,1-2H3. The minimum atomic E-state index is -3.35. The van der Waals surface area contributed by atoms with Crippen LogP contribution in [0.25, 0.3) is 0 Å². The second-order valence-electron chi connectivity index (χ2n) is 5.38. The second-order valence-corrected chi connectivity index (χ2v) is 7.53. The molecule has 0 spiro atoms. The number of nitrogens with two attached hydrogens (primary N) is 1. The van der Waals surface area contributed by atoms with E-state index in [1.54, 1.807) is 24.3 Å². The maximum absolute atomic E-state index is 11.9. The van der Waals surface area contributed by atoms with Crippen molar-refractivity contribution in [2.75, 3.05) is 26.0 Å². The lowest BCUT2D eigenvalue weighted by Gasteiger charge is -2.38. The molecule has 1 saturated carbocycles. The van der Waals surface area contributed by atoms with Gasteiger partial charge in [-0.2, -0.15) is 0 Å². The van der Waals surface area contributed by atoms with Crippen LogP contribution in [0.15, 0.2) is 29.2 Å². The molecule has 0 saturated heterocycles. The lowest BCUT2D eigenvalue weighted by atomic mass is 9.78. The normalized spacial score (nSPS) is 18.1. The maximum Gasteiger partial charge on any atom is 0.242 e. The fourth-order valence-electron chi connectivity index (χ4n) is 2.04. The molecule has 0 radical (unpaired) electrons. The molecule has 0 atom stereocenters. The molecule has 6 heteroatoms. The molecule has 2 rings (SSSR count). The van der Waals surface area contributed by atoms with Crippen LogP contribution in [0.2, 0.25) is 0 Å². The summed E-state index contributed by atoms with van der Waals surface area (Å²) in [7, 11) is -0.301. The van der Waals surface area contributed by atoms with E-state index in [9.17, 15) is 8.42 Å². The van der Waals surface area contributed by atoms with Crippen molar-refractivity contribution in [3.63, 3.8) is 0 Å². The molecule has 1 aliphatic rings. The molecular weight excluding hydrogens is 262 g/mol. The highest BCUT2D eigenvalue weighted by Gasteiger charge is 2.31. The van der Waals surface area contributed by atoms with Gasteiger partial charge >= 0.3 is 0 Å². The van der Waals surface area contributed by atoms with Gasteiger partial charge in [0.05, 0.1) is 4.90 Å². The van der Waals surface area contributed by atoms with Gasteiger partial charge in [0.15, 0.2) is 0 Å². The number of hydrogen-bond donors (Lipinski definition) is 2. The lowest BCUT2D eigenvalue weighted by Crippen LogP contribution is -2.51. The first kappa shape index (κ1) is 14.3. The summed E-state index contributed by atoms with van der Waals surface area (Å²) in [5, 5.41) is 3.26. The van der Waals surface area contributed by atoms with E-state index in [2.05, 4.69) is 5.32 Å². The highest BCUT2D eigenvalue weighted by molar-refractivity contribution is 7.89. The van der Waals surface area contributed by atoms with Crippen LogP contribution >= 0.6 is 0 Å². The molecule has 0 aromatic heterocycles. The molecule has 0 heterocycles. The van der Waals surface area contributed by atoms with Crippen LogP contribution in [0.1, 0.15) is 19.3 Å². The largest absolute Gasteiger partial charge is 0.383 e. The molecule has 3 N–H and O–H groups in total. The summed E-state index contributed by atoms with van der Waals surface area (Å²) in [5.74, 6) is 0. The molecule has 1 aromatic carbocycles. The summed E-state index contributed by atoms with van der Waals surface area (Å²) in [6.07, 6.45) is 3.29. The summed E-state index contributed by atoms with van der Waals surface area (Å²) in [4.78, 5) is 0.300. The van der Waals surface area contributed by atoms with Crippen molar-refractivity contribution >= 4 is 15.7 Å². The van der Waals surface area contributed by atoms with Crippen LogP contribution in [0, 0.1) is 0 Å². The van der Waals surface area contributed by atoms with Crippen molar-refractivity contribution < 1.29 is 8.42 Å². The second kappa shape index (κ2) is 5.11. The Balaban J connectivity index is 2.02. The topological polar surface area (TPSA) is 75.4 Å². The molecular formula is C13H21N3O2S. The fourth-order valence-corrected chi connectivity index (χ4v) is 2.94. The smallest absolute Gasteiger partial charge is 0.242 e. The molecule has 1 aliphatic carbocycles. The summed E-state index contributed by atoms with van der Waals surface area (Å²) >= 11 is 0. The minimum Gasteiger partial charge on any atom is -0.383 e. The van der Waals surface area contributed by atoms with Gasteiger partial charge in [-0.15, -0.1) is 0 Å². The summed E-state index contributed by atoms with van der Waals surface area (Å²) in [5.41, 5.74) is 6.93. The first-order valence-corrected chi connectivity index (χ1v) is 7.83. The van der Waals surface area contributed by atoms with Gasteiger partial charge in [0.2, 0.25) is 10.0 Å². The van der Waals surface area contributed by atoms with Gasteiger partial charge in [-0.1, -0.05) is 0 Å². The Labute approximate surface area is 114 Å². The third kappa shape index (κ3) is 3.08. The van der Waals surface area contributed by atoms with E-state index in [0.717, 1.165) is 25.1 Å². The molecule has 19 heavy (non-hydrogen) atoms. The quantitative estimate of drug-likeness (QED) is 0.852. The van der Waals surface area contributed by atoms with E-state index in [1.165, 1.54) is 24.8 Å². The third-order valence-electron chi connectivity index (χ3n) is 3.63. The van der Waals surface area contributed by atoms with Crippen LogP contribution in [-0.2, 0) is 10.0 Å². The Kier molecular flexibility index (Phi) is 3.85. The zero-order valence-electron chi connectivity index (χ0n) is 11.4. The highest BCUT2D eigenvalue weighted by atomic mass is 32.2. The number of nitrogens with zero attached hydrogens (tertiary/aromatic N) is 1. The Morgan fingerprint density at radius 2 is 1.84 bits per heavy atom. The van der Waals surface area contributed by atoms with Gasteiger partial charge in [0.25, 0.3) is 0 Å². The van der Waals surface area contributed by atoms with Crippen molar-refractivity contribution in [3.8, 4) is 0 Å². The van der Waals surface area contributed by atoms with Crippen molar-refractivity contribution in [3.05, 3.63) is 24.3 Å². The Bertz CT molecular complexity index is 534. The first-order chi connectivity index (χ1) is 8.83. The van der Waals surface area contributed by atoms with Crippen LogP contribution in [0.5, 0.6) is 0 Å². The number of anilines is 1. The zero-order chi connectivity index (χ0) is 14.1. The van der Waals surface area contributed by atoms with Crippen molar-refractivity contribution in [1.82, 2.24) is 4.31 Å². The van der Waals surface area contributed by atoms with Gasteiger partial charge in [0, 0.05) is 31.9 Å². The first-order valence-electron chi connectivity index (χ1n) is 6.39. The minimum absolute atomic E-state index is 0.0889. The molecule has 5 nitrogen and oxygen atoms in total. The molecule has 0 unspecified atom stereocenters. The summed E-state index contributed by atoms with van der Waals surface area (Å²) in [6, 6.07) is 6.78. The molecule has 0 bridgehead atoms. The molecule has 0 aliphatic heterocycles. The van der Waals surface area contributed by atoms with Crippen LogP contribution in [0.4, 0.5) is 5.69 Å². The summed E-state index contributed by atoms with van der Waals surface area (Å²) in [6.45, 7) is 0.729. The predicted octanol–water partition coefficient (Wildman–Crippen LogP) is 1.23. The van der Waals surface area contributed by atoms with Gasteiger partial charge in [-0.25, -0.2) is 12.7 Å². The van der Waals surface area contributed by atoms with Gasteiger partial charge in [-0.05, 0) is 43.5 Å². The average Bonchev–Trinajstić information content (AvgIpc) is 2.34. The van der Waals surface area contributed by atoms with E-state index in [4.69, 9.17) is 5.73 Å². The molecule has 0 amide bonds. The van der Waals surface area contributed by atoms with Gasteiger partial charge in [-0.3, -0.25) is 0 Å². The van der Waals surface area contributed by atoms with Crippen LogP contribution in [-0.4, -0.2) is 38.9 Å². The number of nitrogens with one attached hydrogen (secondary N) is 1. The zero-order valence-corrected chi connectivity index (χ0v) is 12.2. The van der Waals surface area contributed by atoms with E-state index >= 15 is 0 Å². The Morgan fingerprint density at radius 3 is 2.26 bits per heavy atom. The lowest BCUT2D eigenvalue weighted by molar-refractivity contribution is 0.265. The molecule has 1 fully saturated rings. The Hall–Kier alpha value is -1.11. The van der Waals surface area contributed by atoms with E-state index in [1.807, 2.05) is 0 Å². The van der Waals surface area contributed by atoms with Crippen molar-refractivity contribution in [2.45, 2.75) is 29.7 Å². The maximum atomic E-state index is 11.9. The van der Waals surface area contributed by atoms with Crippen molar-refractivity contribution in [1.29, 1.82) is 0 Å². The summed E-state index contributed by atoms with van der Waals surface area (Å²) < 4.78 is 25.0. The monoisotopic (exact) mass is 283 g/mol. The molecule has 106 valence electrons. The van der Waals surface area contributed by atoms with Gasteiger partial charge in [0.1, 0.15) is 0 Å². The average molecular weight is 283 g/mol. The predicted molar refractivity (Wildman–Crippen MR) is 76.6 cm³/mol. The van der Waals surface area contributed by atoms with Gasteiger partial charge < -0.3 is 11.1 Å². The number of rotatable bonds is 5. The van der Waals surface area contributed by atoms with E-state index < -0.39 is 10.0 Å². The Morgan fingerprint density at radius 1 is 1.26 bits per heavy atom. The highest BCUT2D eigenvalue weighted by Crippen LogP contribution is 2.29. The third-order valence-corrected chi connectivity index (χ3v) is 5.46. The van der Waals surface area contributed by atoms with E-state index in [0.29, 0.717) is 4.90 Å². The van der Waals surface area contributed by atoms with Crippen LogP contribution in [0.3, 0.4) is 0 Å². The number of hydrogen-bond acceptors (Lipinski definition) is 4. The molecule has 1 aromatic rings.